The van der Waals surface area contributed by atoms with Crippen LogP contribution in [0.1, 0.15) is 21.5 Å². The van der Waals surface area contributed by atoms with Gasteiger partial charge in [0.25, 0.3) is 5.91 Å². The van der Waals surface area contributed by atoms with Gasteiger partial charge in [0.05, 0.1) is 30.9 Å². The molecule has 3 amide bonds. The Hall–Kier alpha value is -3.66. The summed E-state index contributed by atoms with van der Waals surface area (Å²) >= 11 is 0. The van der Waals surface area contributed by atoms with Crippen molar-refractivity contribution >= 4 is 23.6 Å². The minimum atomic E-state index is -0.523. The topological polar surface area (TPSA) is 90.7 Å². The monoisotopic (exact) mass is 349 g/mol. The summed E-state index contributed by atoms with van der Waals surface area (Å²) in [6.45, 7) is -0.104. The molecular weight excluding hydrogens is 334 g/mol. The van der Waals surface area contributed by atoms with Gasteiger partial charge in [0, 0.05) is 5.69 Å². The Kier molecular flexibility index (Phi) is 4.67. The Bertz CT molecular complexity index is 932. The van der Waals surface area contributed by atoms with Crippen LogP contribution in [0.15, 0.2) is 48.5 Å². The van der Waals surface area contributed by atoms with Crippen molar-refractivity contribution in [1.29, 1.82) is 5.26 Å². The lowest BCUT2D eigenvalue weighted by Crippen LogP contribution is -2.32. The summed E-state index contributed by atoms with van der Waals surface area (Å²) in [7, 11) is 1.27. The Balaban J connectivity index is 1.86. The number of hydrogen-bond donors (Lipinski definition) is 0. The van der Waals surface area contributed by atoms with Crippen molar-refractivity contribution < 1.29 is 19.1 Å². The number of nitrogens with zero attached hydrogens (tertiary/aromatic N) is 3. The molecule has 1 saturated heterocycles. The van der Waals surface area contributed by atoms with Gasteiger partial charge in [0.15, 0.2) is 0 Å². The molecule has 26 heavy (non-hydrogen) atoms. The summed E-state index contributed by atoms with van der Waals surface area (Å²) < 4.78 is 4.68. The molecule has 0 spiro atoms. The van der Waals surface area contributed by atoms with Crippen LogP contribution < -0.4 is 4.90 Å². The lowest BCUT2D eigenvalue weighted by molar-refractivity contribution is -0.125. The summed E-state index contributed by atoms with van der Waals surface area (Å²) in [5.74, 6) is -0.893. The molecule has 3 rings (SSSR count). The van der Waals surface area contributed by atoms with Gasteiger partial charge in [-0.1, -0.05) is 24.3 Å². The standard InChI is InChI=1S/C19H15N3O4/c1-26-18(24)13-7-4-8-16(9-13)21-12-17(23)22(19(21)25)11-15-6-3-2-5-14(15)10-20/h2-9H,11-12H2,1H3. The number of nitriles is 1. The molecule has 1 aliphatic heterocycles. The molecular formula is C19H15N3O4. The summed E-state index contributed by atoms with van der Waals surface area (Å²) in [5, 5.41) is 9.17. The number of methoxy groups -OCH3 is 1. The van der Waals surface area contributed by atoms with Crippen LogP contribution in [0, 0.1) is 11.3 Å². The van der Waals surface area contributed by atoms with Crippen molar-refractivity contribution in [2.75, 3.05) is 18.6 Å². The molecule has 7 heteroatoms. The van der Waals surface area contributed by atoms with Crippen LogP contribution in [0.2, 0.25) is 0 Å². The van der Waals surface area contributed by atoms with Gasteiger partial charge in [-0.2, -0.15) is 5.26 Å². The summed E-state index contributed by atoms with van der Waals surface area (Å²) in [4.78, 5) is 39.1. The lowest BCUT2D eigenvalue weighted by Gasteiger charge is -2.18. The highest BCUT2D eigenvalue weighted by molar-refractivity contribution is 6.12. The van der Waals surface area contributed by atoms with E-state index in [9.17, 15) is 14.4 Å². The van der Waals surface area contributed by atoms with Crippen LogP contribution in [0.25, 0.3) is 0 Å². The first-order valence-corrected chi connectivity index (χ1v) is 7.83. The second kappa shape index (κ2) is 7.07. The van der Waals surface area contributed by atoms with E-state index in [4.69, 9.17) is 5.26 Å². The first-order valence-electron chi connectivity index (χ1n) is 7.83. The van der Waals surface area contributed by atoms with Gasteiger partial charge in [-0.05, 0) is 29.8 Å². The van der Waals surface area contributed by atoms with Gasteiger partial charge in [-0.3, -0.25) is 14.6 Å². The predicted octanol–water partition coefficient (Wildman–Crippen LogP) is 2.31. The van der Waals surface area contributed by atoms with Crippen molar-refractivity contribution in [3.8, 4) is 6.07 Å². The Morgan fingerprint density at radius 2 is 1.96 bits per heavy atom. The second-order valence-electron chi connectivity index (χ2n) is 5.66. The zero-order valence-electron chi connectivity index (χ0n) is 14.0. The van der Waals surface area contributed by atoms with Gasteiger partial charge >= 0.3 is 12.0 Å². The Morgan fingerprint density at radius 3 is 2.69 bits per heavy atom. The van der Waals surface area contributed by atoms with Gasteiger partial charge in [0.1, 0.15) is 6.54 Å². The quantitative estimate of drug-likeness (QED) is 0.624. The fourth-order valence-electron chi connectivity index (χ4n) is 2.75. The van der Waals surface area contributed by atoms with Crippen molar-refractivity contribution in [2.24, 2.45) is 0 Å². The number of benzene rings is 2. The minimum Gasteiger partial charge on any atom is -0.465 e. The van der Waals surface area contributed by atoms with E-state index in [1.807, 2.05) is 0 Å². The van der Waals surface area contributed by atoms with E-state index in [1.165, 1.54) is 18.1 Å². The van der Waals surface area contributed by atoms with Crippen LogP contribution >= 0.6 is 0 Å². The van der Waals surface area contributed by atoms with E-state index < -0.39 is 12.0 Å². The number of anilines is 1. The number of amides is 3. The zero-order chi connectivity index (χ0) is 18.7. The zero-order valence-corrected chi connectivity index (χ0v) is 14.0. The number of rotatable bonds is 4. The van der Waals surface area contributed by atoms with Crippen LogP contribution in [0.3, 0.4) is 0 Å². The molecule has 0 atom stereocenters. The molecule has 7 nitrogen and oxygen atoms in total. The van der Waals surface area contributed by atoms with Gasteiger partial charge in [-0.15, -0.1) is 0 Å². The van der Waals surface area contributed by atoms with E-state index in [0.29, 0.717) is 22.4 Å². The maximum atomic E-state index is 12.7. The third-order valence-electron chi connectivity index (χ3n) is 4.10. The molecule has 1 aliphatic rings. The van der Waals surface area contributed by atoms with Gasteiger partial charge in [-0.25, -0.2) is 9.59 Å². The average molecular weight is 349 g/mol. The lowest BCUT2D eigenvalue weighted by atomic mass is 10.1. The minimum absolute atomic E-state index is 0.0224. The number of imide groups is 1. The van der Waals surface area contributed by atoms with Gasteiger partial charge < -0.3 is 4.74 Å². The molecule has 2 aromatic carbocycles. The van der Waals surface area contributed by atoms with Crippen LogP contribution in [0.4, 0.5) is 10.5 Å². The Morgan fingerprint density at radius 1 is 1.19 bits per heavy atom. The molecule has 0 N–H and O–H groups in total. The highest BCUT2D eigenvalue weighted by Gasteiger charge is 2.37. The maximum absolute atomic E-state index is 12.7. The van der Waals surface area contributed by atoms with Crippen molar-refractivity contribution in [3.05, 3.63) is 65.2 Å². The summed E-state index contributed by atoms with van der Waals surface area (Å²) in [5.41, 5.74) is 1.74. The number of carbonyl (C=O) groups excluding carboxylic acids is 3. The predicted molar refractivity (Wildman–Crippen MR) is 92.2 cm³/mol. The number of urea groups is 1. The van der Waals surface area contributed by atoms with Crippen molar-refractivity contribution in [3.63, 3.8) is 0 Å². The molecule has 1 fully saturated rings. The highest BCUT2D eigenvalue weighted by Crippen LogP contribution is 2.24. The van der Waals surface area contributed by atoms with E-state index in [1.54, 1.807) is 42.5 Å². The molecule has 0 saturated carbocycles. The van der Waals surface area contributed by atoms with E-state index >= 15 is 0 Å². The third-order valence-corrected chi connectivity index (χ3v) is 4.10. The van der Waals surface area contributed by atoms with E-state index in [-0.39, 0.29) is 19.0 Å². The normalized spacial score (nSPS) is 13.7. The fourth-order valence-corrected chi connectivity index (χ4v) is 2.75. The number of ether oxygens (including phenoxy) is 1. The molecule has 130 valence electrons. The van der Waals surface area contributed by atoms with Crippen LogP contribution in [-0.2, 0) is 16.1 Å². The SMILES string of the molecule is COC(=O)c1cccc(N2CC(=O)N(Cc3ccccc3C#N)C2=O)c1. The first-order chi connectivity index (χ1) is 12.5. The molecule has 0 radical (unpaired) electrons. The number of carbonyl (C=O) groups is 3. The summed E-state index contributed by atoms with van der Waals surface area (Å²) in [6.07, 6.45) is 0. The molecule has 1 heterocycles. The largest absolute Gasteiger partial charge is 0.465 e. The third kappa shape index (κ3) is 3.13. The first kappa shape index (κ1) is 17.2. The highest BCUT2D eigenvalue weighted by atomic mass is 16.5. The molecule has 0 unspecified atom stereocenters. The molecule has 0 aromatic heterocycles. The Labute approximate surface area is 150 Å². The maximum Gasteiger partial charge on any atom is 0.337 e. The number of hydrogen-bond acceptors (Lipinski definition) is 5. The molecule has 2 aromatic rings. The summed E-state index contributed by atoms with van der Waals surface area (Å²) in [6, 6.07) is 14.7. The average Bonchev–Trinajstić information content (AvgIpc) is 2.96. The molecule has 0 bridgehead atoms. The second-order valence-corrected chi connectivity index (χ2v) is 5.66. The van der Waals surface area contributed by atoms with E-state index in [2.05, 4.69) is 10.8 Å². The van der Waals surface area contributed by atoms with E-state index in [0.717, 1.165) is 4.90 Å². The van der Waals surface area contributed by atoms with Crippen molar-refractivity contribution in [2.45, 2.75) is 6.54 Å². The smallest absolute Gasteiger partial charge is 0.337 e. The van der Waals surface area contributed by atoms with Crippen molar-refractivity contribution in [1.82, 2.24) is 4.90 Å². The fraction of sp³-hybridized carbons (Fsp3) is 0.158. The van der Waals surface area contributed by atoms with Gasteiger partial charge in [0.2, 0.25) is 0 Å². The van der Waals surface area contributed by atoms with Crippen LogP contribution in [0.5, 0.6) is 0 Å². The number of esters is 1. The molecule has 0 aliphatic carbocycles. The van der Waals surface area contributed by atoms with Crippen LogP contribution in [-0.4, -0.2) is 36.5 Å².